The number of carbonyl (C=O) groups is 2. The van der Waals surface area contributed by atoms with Gasteiger partial charge in [-0.25, -0.2) is 12.7 Å². The first-order chi connectivity index (χ1) is 14.3. The van der Waals surface area contributed by atoms with Gasteiger partial charge < -0.3 is 19.0 Å². The van der Waals surface area contributed by atoms with Crippen molar-refractivity contribution in [3.63, 3.8) is 0 Å². The standard InChI is InChI=1S/C20H25N3O6S/c1-21(2)30(26,27)15-5-6-16-14(12-15)13-18(29-16)20(25)23-9-7-22(8-10-23)19(24)17-4-3-11-28-17/h5-6,12-13,17H,3-4,7-11H2,1-2H3. The molecule has 0 radical (unpaired) electrons. The van der Waals surface area contributed by atoms with Gasteiger partial charge in [-0.05, 0) is 37.1 Å². The highest BCUT2D eigenvalue weighted by Crippen LogP contribution is 2.25. The fraction of sp³-hybridized carbons (Fsp3) is 0.500. The van der Waals surface area contributed by atoms with Gasteiger partial charge in [0.2, 0.25) is 10.0 Å². The molecule has 0 spiro atoms. The highest BCUT2D eigenvalue weighted by Gasteiger charge is 2.32. The Bertz CT molecular complexity index is 1060. The second kappa shape index (κ2) is 8.01. The molecule has 2 amide bonds. The van der Waals surface area contributed by atoms with E-state index in [2.05, 4.69) is 0 Å². The van der Waals surface area contributed by atoms with E-state index < -0.39 is 10.0 Å². The number of sulfonamides is 1. The molecule has 1 atom stereocenters. The minimum Gasteiger partial charge on any atom is -0.451 e. The molecule has 0 N–H and O–H groups in total. The summed E-state index contributed by atoms with van der Waals surface area (Å²) in [5.41, 5.74) is 0.447. The maximum atomic E-state index is 12.9. The summed E-state index contributed by atoms with van der Waals surface area (Å²) >= 11 is 0. The van der Waals surface area contributed by atoms with E-state index in [1.165, 1.54) is 26.2 Å². The number of rotatable bonds is 4. The van der Waals surface area contributed by atoms with E-state index in [-0.39, 0.29) is 28.6 Å². The molecule has 9 nitrogen and oxygen atoms in total. The van der Waals surface area contributed by atoms with Crippen LogP contribution in [0.3, 0.4) is 0 Å². The van der Waals surface area contributed by atoms with Crippen LogP contribution in [0.4, 0.5) is 0 Å². The van der Waals surface area contributed by atoms with E-state index in [1.54, 1.807) is 21.9 Å². The maximum Gasteiger partial charge on any atom is 0.289 e. The third kappa shape index (κ3) is 3.82. The van der Waals surface area contributed by atoms with Crippen molar-refractivity contribution in [1.82, 2.24) is 14.1 Å². The first kappa shape index (κ1) is 20.8. The van der Waals surface area contributed by atoms with Gasteiger partial charge in [0.25, 0.3) is 11.8 Å². The van der Waals surface area contributed by atoms with Crippen molar-refractivity contribution in [3.8, 4) is 0 Å². The Morgan fingerprint density at radius 2 is 1.77 bits per heavy atom. The quantitative estimate of drug-likeness (QED) is 0.714. The van der Waals surface area contributed by atoms with Crippen molar-refractivity contribution in [1.29, 1.82) is 0 Å². The highest BCUT2D eigenvalue weighted by molar-refractivity contribution is 7.89. The Hall–Kier alpha value is -2.43. The van der Waals surface area contributed by atoms with Gasteiger partial charge in [0.15, 0.2) is 5.76 Å². The lowest BCUT2D eigenvalue weighted by Gasteiger charge is -2.35. The molecule has 4 rings (SSSR count). The zero-order valence-corrected chi connectivity index (χ0v) is 17.9. The van der Waals surface area contributed by atoms with Crippen LogP contribution in [0.2, 0.25) is 0 Å². The third-order valence-electron chi connectivity index (χ3n) is 5.56. The number of benzene rings is 1. The van der Waals surface area contributed by atoms with Gasteiger partial charge in [-0.15, -0.1) is 0 Å². The fourth-order valence-corrected chi connectivity index (χ4v) is 4.70. The SMILES string of the molecule is CN(C)S(=O)(=O)c1ccc2oc(C(=O)N3CCN(C(=O)C4CCCO4)CC3)cc2c1. The lowest BCUT2D eigenvalue weighted by atomic mass is 10.2. The van der Waals surface area contributed by atoms with Crippen LogP contribution in [-0.4, -0.2) is 87.3 Å². The van der Waals surface area contributed by atoms with Crippen LogP contribution in [0.5, 0.6) is 0 Å². The van der Waals surface area contributed by atoms with Gasteiger partial charge >= 0.3 is 0 Å². The molecule has 10 heteroatoms. The number of ether oxygens (including phenoxy) is 1. The molecule has 162 valence electrons. The molecule has 3 heterocycles. The molecule has 0 bridgehead atoms. The number of hydrogen-bond acceptors (Lipinski definition) is 6. The van der Waals surface area contributed by atoms with Crippen molar-refractivity contribution in [2.45, 2.75) is 23.8 Å². The molecule has 1 aromatic heterocycles. The Morgan fingerprint density at radius 3 is 2.40 bits per heavy atom. The Morgan fingerprint density at radius 1 is 1.07 bits per heavy atom. The van der Waals surface area contributed by atoms with Crippen molar-refractivity contribution in [2.24, 2.45) is 0 Å². The Kier molecular flexibility index (Phi) is 5.56. The van der Waals surface area contributed by atoms with E-state index in [0.29, 0.717) is 43.8 Å². The zero-order chi connectivity index (χ0) is 21.5. The van der Waals surface area contributed by atoms with Crippen molar-refractivity contribution >= 4 is 32.8 Å². The van der Waals surface area contributed by atoms with E-state index in [1.807, 2.05) is 0 Å². The summed E-state index contributed by atoms with van der Waals surface area (Å²) in [6, 6.07) is 6.09. The number of amides is 2. The molecule has 2 aromatic rings. The molecule has 2 fully saturated rings. The lowest BCUT2D eigenvalue weighted by Crippen LogP contribution is -2.52. The summed E-state index contributed by atoms with van der Waals surface area (Å²) in [5, 5.41) is 0.550. The van der Waals surface area contributed by atoms with E-state index >= 15 is 0 Å². The first-order valence-corrected chi connectivity index (χ1v) is 11.4. The molecule has 1 unspecified atom stereocenters. The van der Waals surface area contributed by atoms with Crippen LogP contribution < -0.4 is 0 Å². The maximum absolute atomic E-state index is 12.9. The fourth-order valence-electron chi connectivity index (χ4n) is 3.76. The molecular weight excluding hydrogens is 410 g/mol. The second-order valence-corrected chi connectivity index (χ2v) is 9.87. The predicted molar refractivity (Wildman–Crippen MR) is 109 cm³/mol. The monoisotopic (exact) mass is 435 g/mol. The van der Waals surface area contributed by atoms with Gasteiger partial charge in [0.05, 0.1) is 4.90 Å². The Balaban J connectivity index is 1.45. The number of hydrogen-bond donors (Lipinski definition) is 0. The molecule has 2 aliphatic heterocycles. The topological polar surface area (TPSA) is 100 Å². The van der Waals surface area contributed by atoms with Crippen molar-refractivity contribution in [2.75, 3.05) is 46.9 Å². The van der Waals surface area contributed by atoms with Gasteiger partial charge in [-0.1, -0.05) is 0 Å². The highest BCUT2D eigenvalue weighted by atomic mass is 32.2. The minimum atomic E-state index is -3.57. The average molecular weight is 436 g/mol. The molecule has 1 aromatic carbocycles. The summed E-state index contributed by atoms with van der Waals surface area (Å²) in [4.78, 5) is 28.9. The summed E-state index contributed by atoms with van der Waals surface area (Å²) in [6.07, 6.45) is 1.30. The van der Waals surface area contributed by atoms with Crippen LogP contribution in [0, 0.1) is 0 Å². The van der Waals surface area contributed by atoms with Gasteiger partial charge in [-0.3, -0.25) is 9.59 Å². The van der Waals surface area contributed by atoms with E-state index in [4.69, 9.17) is 9.15 Å². The van der Waals surface area contributed by atoms with Gasteiger partial charge in [-0.2, -0.15) is 0 Å². The number of fused-ring (bicyclic) bond motifs is 1. The summed E-state index contributed by atoms with van der Waals surface area (Å²) < 4.78 is 36.9. The summed E-state index contributed by atoms with van der Waals surface area (Å²) in [5.74, 6) is -0.117. The Labute approximate surface area is 175 Å². The zero-order valence-electron chi connectivity index (χ0n) is 17.0. The minimum absolute atomic E-state index is 0.00188. The third-order valence-corrected chi connectivity index (χ3v) is 7.37. The molecule has 2 aliphatic rings. The van der Waals surface area contributed by atoms with Crippen molar-refractivity contribution in [3.05, 3.63) is 30.0 Å². The number of furan rings is 1. The summed E-state index contributed by atoms with van der Waals surface area (Å²) in [6.45, 7) is 2.35. The molecule has 0 saturated carbocycles. The largest absolute Gasteiger partial charge is 0.451 e. The van der Waals surface area contributed by atoms with E-state index in [9.17, 15) is 18.0 Å². The summed E-state index contributed by atoms with van der Waals surface area (Å²) in [7, 11) is -0.642. The van der Waals surface area contributed by atoms with Gasteiger partial charge in [0, 0.05) is 52.3 Å². The smallest absolute Gasteiger partial charge is 0.289 e. The molecule has 2 saturated heterocycles. The van der Waals surface area contributed by atoms with Crippen LogP contribution in [0.1, 0.15) is 23.4 Å². The van der Waals surface area contributed by atoms with E-state index in [0.717, 1.165) is 17.1 Å². The van der Waals surface area contributed by atoms with Crippen LogP contribution in [0.25, 0.3) is 11.0 Å². The van der Waals surface area contributed by atoms with Crippen LogP contribution in [-0.2, 0) is 19.6 Å². The molecule has 0 aliphatic carbocycles. The number of piperazine rings is 1. The van der Waals surface area contributed by atoms with Crippen LogP contribution >= 0.6 is 0 Å². The van der Waals surface area contributed by atoms with Crippen molar-refractivity contribution < 1.29 is 27.2 Å². The lowest BCUT2D eigenvalue weighted by molar-refractivity contribution is -0.142. The molecular formula is C20H25N3O6S. The first-order valence-electron chi connectivity index (χ1n) is 9.93. The number of nitrogens with zero attached hydrogens (tertiary/aromatic N) is 3. The van der Waals surface area contributed by atoms with Crippen LogP contribution in [0.15, 0.2) is 33.6 Å². The average Bonchev–Trinajstić information content (AvgIpc) is 3.42. The second-order valence-electron chi connectivity index (χ2n) is 7.72. The predicted octanol–water partition coefficient (Wildman–Crippen LogP) is 1.15. The van der Waals surface area contributed by atoms with Gasteiger partial charge in [0.1, 0.15) is 11.7 Å². The number of carbonyl (C=O) groups excluding carboxylic acids is 2. The molecule has 30 heavy (non-hydrogen) atoms. The normalized spacial score (nSPS) is 20.3.